The standard InChI is InChI=1S/C17H27NO/c1-12(2)19-16-11-6-5-10-15(16)18-17-13(3)8-7-9-14(17)4/h5-6,10-14,17-18H,7-9H2,1-4H3. The molecule has 2 atom stereocenters. The van der Waals surface area contributed by atoms with Gasteiger partial charge in [0.05, 0.1) is 11.8 Å². The van der Waals surface area contributed by atoms with E-state index in [2.05, 4.69) is 51.2 Å². The van der Waals surface area contributed by atoms with Crippen LogP contribution < -0.4 is 10.1 Å². The summed E-state index contributed by atoms with van der Waals surface area (Å²) in [5.74, 6) is 2.44. The van der Waals surface area contributed by atoms with E-state index < -0.39 is 0 Å². The van der Waals surface area contributed by atoms with E-state index in [0.29, 0.717) is 6.04 Å². The van der Waals surface area contributed by atoms with Gasteiger partial charge < -0.3 is 10.1 Å². The summed E-state index contributed by atoms with van der Waals surface area (Å²) >= 11 is 0. The van der Waals surface area contributed by atoms with Crippen LogP contribution in [0.4, 0.5) is 5.69 Å². The molecule has 0 amide bonds. The Morgan fingerprint density at radius 3 is 2.37 bits per heavy atom. The normalized spacial score (nSPS) is 27.3. The molecule has 1 saturated carbocycles. The van der Waals surface area contributed by atoms with Crippen molar-refractivity contribution < 1.29 is 4.74 Å². The highest BCUT2D eigenvalue weighted by Crippen LogP contribution is 2.34. The van der Waals surface area contributed by atoms with Gasteiger partial charge in [-0.3, -0.25) is 0 Å². The second-order valence-electron chi connectivity index (χ2n) is 6.22. The quantitative estimate of drug-likeness (QED) is 0.847. The van der Waals surface area contributed by atoms with Crippen LogP contribution in [-0.2, 0) is 0 Å². The second-order valence-corrected chi connectivity index (χ2v) is 6.22. The lowest BCUT2D eigenvalue weighted by Gasteiger charge is -2.36. The molecule has 2 rings (SSSR count). The van der Waals surface area contributed by atoms with Crippen molar-refractivity contribution in [3.63, 3.8) is 0 Å². The Bertz CT molecular complexity index is 392. The number of benzene rings is 1. The minimum atomic E-state index is 0.212. The van der Waals surface area contributed by atoms with Crippen molar-refractivity contribution in [1.29, 1.82) is 0 Å². The molecule has 0 heterocycles. The van der Waals surface area contributed by atoms with Crippen LogP contribution in [0.5, 0.6) is 5.75 Å². The van der Waals surface area contributed by atoms with Gasteiger partial charge >= 0.3 is 0 Å². The van der Waals surface area contributed by atoms with Gasteiger partial charge in [0.25, 0.3) is 0 Å². The third-order valence-electron chi connectivity index (χ3n) is 4.12. The van der Waals surface area contributed by atoms with Gasteiger partial charge in [0.2, 0.25) is 0 Å². The van der Waals surface area contributed by atoms with Crippen molar-refractivity contribution in [3.05, 3.63) is 24.3 Å². The van der Waals surface area contributed by atoms with Crippen LogP contribution in [0.2, 0.25) is 0 Å². The predicted octanol–water partition coefficient (Wildman–Crippen LogP) is 4.71. The summed E-state index contributed by atoms with van der Waals surface area (Å²) in [5, 5.41) is 3.73. The van der Waals surface area contributed by atoms with Gasteiger partial charge in [-0.05, 0) is 50.7 Å². The van der Waals surface area contributed by atoms with E-state index in [0.717, 1.165) is 23.3 Å². The summed E-state index contributed by atoms with van der Waals surface area (Å²) in [6, 6.07) is 8.86. The zero-order valence-electron chi connectivity index (χ0n) is 12.6. The number of hydrogen-bond donors (Lipinski definition) is 1. The fourth-order valence-electron chi connectivity index (χ4n) is 3.09. The van der Waals surface area contributed by atoms with Crippen LogP contribution in [0.3, 0.4) is 0 Å². The minimum Gasteiger partial charge on any atom is -0.489 e. The second kappa shape index (κ2) is 6.31. The molecule has 0 radical (unpaired) electrons. The van der Waals surface area contributed by atoms with E-state index in [1.165, 1.54) is 19.3 Å². The van der Waals surface area contributed by atoms with Gasteiger partial charge in [-0.25, -0.2) is 0 Å². The highest BCUT2D eigenvalue weighted by molar-refractivity contribution is 5.57. The topological polar surface area (TPSA) is 21.3 Å². The van der Waals surface area contributed by atoms with E-state index in [4.69, 9.17) is 4.74 Å². The van der Waals surface area contributed by atoms with E-state index in [1.807, 2.05) is 6.07 Å². The van der Waals surface area contributed by atoms with Crippen molar-refractivity contribution >= 4 is 5.69 Å². The number of anilines is 1. The largest absolute Gasteiger partial charge is 0.489 e. The highest BCUT2D eigenvalue weighted by Gasteiger charge is 2.28. The first-order valence-corrected chi connectivity index (χ1v) is 7.60. The maximum absolute atomic E-state index is 5.89. The van der Waals surface area contributed by atoms with Crippen LogP contribution in [0.25, 0.3) is 0 Å². The van der Waals surface area contributed by atoms with Crippen LogP contribution in [-0.4, -0.2) is 12.1 Å². The van der Waals surface area contributed by atoms with Crippen molar-refractivity contribution in [1.82, 2.24) is 0 Å². The molecule has 2 nitrogen and oxygen atoms in total. The van der Waals surface area contributed by atoms with Crippen molar-refractivity contribution in [2.75, 3.05) is 5.32 Å². The summed E-state index contributed by atoms with van der Waals surface area (Å²) in [7, 11) is 0. The first kappa shape index (κ1) is 14.2. The Morgan fingerprint density at radius 2 is 1.74 bits per heavy atom. The SMILES string of the molecule is CC(C)Oc1ccccc1NC1C(C)CCCC1C. The van der Waals surface area contributed by atoms with E-state index in [1.54, 1.807) is 0 Å². The maximum atomic E-state index is 5.89. The lowest BCUT2D eigenvalue weighted by atomic mass is 9.78. The summed E-state index contributed by atoms with van der Waals surface area (Å²) in [4.78, 5) is 0. The predicted molar refractivity (Wildman–Crippen MR) is 81.8 cm³/mol. The third-order valence-corrected chi connectivity index (χ3v) is 4.12. The number of hydrogen-bond acceptors (Lipinski definition) is 2. The first-order chi connectivity index (χ1) is 9.08. The van der Waals surface area contributed by atoms with Crippen molar-refractivity contribution in [2.45, 2.75) is 59.1 Å². The average Bonchev–Trinajstić information content (AvgIpc) is 2.35. The number of ether oxygens (including phenoxy) is 1. The third kappa shape index (κ3) is 3.65. The van der Waals surface area contributed by atoms with Gasteiger partial charge in [0.15, 0.2) is 0 Å². The molecular formula is C17H27NO. The molecule has 0 aliphatic heterocycles. The summed E-state index contributed by atoms with van der Waals surface area (Å²) in [6.07, 6.45) is 4.24. The fourth-order valence-corrected chi connectivity index (χ4v) is 3.09. The Morgan fingerprint density at radius 1 is 1.11 bits per heavy atom. The van der Waals surface area contributed by atoms with Crippen LogP contribution in [0.15, 0.2) is 24.3 Å². The molecule has 0 bridgehead atoms. The molecule has 1 fully saturated rings. The molecule has 2 unspecified atom stereocenters. The van der Waals surface area contributed by atoms with E-state index in [-0.39, 0.29) is 6.10 Å². The Hall–Kier alpha value is -1.18. The molecule has 0 saturated heterocycles. The molecule has 106 valence electrons. The monoisotopic (exact) mass is 261 g/mol. The molecule has 2 heteroatoms. The molecule has 19 heavy (non-hydrogen) atoms. The van der Waals surface area contributed by atoms with Crippen molar-refractivity contribution in [2.24, 2.45) is 11.8 Å². The Kier molecular flexibility index (Phi) is 4.73. The van der Waals surface area contributed by atoms with Crippen LogP contribution in [0, 0.1) is 11.8 Å². The fraction of sp³-hybridized carbons (Fsp3) is 0.647. The van der Waals surface area contributed by atoms with Crippen molar-refractivity contribution in [3.8, 4) is 5.75 Å². The zero-order chi connectivity index (χ0) is 13.8. The van der Waals surface area contributed by atoms with Gasteiger partial charge in [-0.1, -0.05) is 32.4 Å². The van der Waals surface area contributed by atoms with Crippen LogP contribution in [0.1, 0.15) is 47.0 Å². The van der Waals surface area contributed by atoms with Gasteiger partial charge in [-0.15, -0.1) is 0 Å². The minimum absolute atomic E-state index is 0.212. The lowest BCUT2D eigenvalue weighted by molar-refractivity contribution is 0.240. The molecule has 1 aliphatic carbocycles. The van der Waals surface area contributed by atoms with E-state index >= 15 is 0 Å². The molecule has 1 aromatic carbocycles. The number of nitrogens with one attached hydrogen (secondary N) is 1. The summed E-state index contributed by atoms with van der Waals surface area (Å²) in [6.45, 7) is 8.86. The number of para-hydroxylation sites is 2. The lowest BCUT2D eigenvalue weighted by Crippen LogP contribution is -2.37. The van der Waals surface area contributed by atoms with E-state index in [9.17, 15) is 0 Å². The van der Waals surface area contributed by atoms with Gasteiger partial charge in [0.1, 0.15) is 5.75 Å². The Balaban J connectivity index is 2.13. The zero-order valence-corrected chi connectivity index (χ0v) is 12.6. The first-order valence-electron chi connectivity index (χ1n) is 7.60. The molecule has 0 spiro atoms. The smallest absolute Gasteiger partial charge is 0.142 e. The van der Waals surface area contributed by atoms with Crippen LogP contribution >= 0.6 is 0 Å². The van der Waals surface area contributed by atoms with Gasteiger partial charge in [-0.2, -0.15) is 0 Å². The molecular weight excluding hydrogens is 234 g/mol. The summed E-state index contributed by atoms with van der Waals surface area (Å²) < 4.78 is 5.89. The van der Waals surface area contributed by atoms with Gasteiger partial charge in [0, 0.05) is 6.04 Å². The maximum Gasteiger partial charge on any atom is 0.142 e. The number of rotatable bonds is 4. The molecule has 1 aliphatic rings. The molecule has 1 N–H and O–H groups in total. The summed E-state index contributed by atoms with van der Waals surface area (Å²) in [5.41, 5.74) is 1.14. The molecule has 0 aromatic heterocycles. The highest BCUT2D eigenvalue weighted by atomic mass is 16.5. The Labute approximate surface area is 117 Å². The average molecular weight is 261 g/mol. The molecule has 1 aromatic rings.